The fourth-order valence-electron chi connectivity index (χ4n) is 7.47. The molecule has 45 heavy (non-hydrogen) atoms. The molecule has 2 aromatic carbocycles. The van der Waals surface area contributed by atoms with E-state index in [0.717, 1.165) is 41.4 Å². The molecule has 240 valence electrons. The number of piperazine rings is 1. The number of carbonyl (C=O) groups excluding carboxylic acids is 2. The number of allylic oxidation sites excluding steroid dienone is 1. The number of amidine groups is 1. The van der Waals surface area contributed by atoms with Crippen molar-refractivity contribution >= 4 is 51.9 Å². The number of likely N-dealkylation sites (N-methyl/N-ethyl adjacent to an activating group) is 1. The summed E-state index contributed by atoms with van der Waals surface area (Å²) in [6.45, 7) is 12.9. The molecule has 0 aliphatic carbocycles. The lowest BCUT2D eigenvalue weighted by atomic mass is 9.81. The number of likely N-dealkylation sites (tertiary alicyclic amines) is 1. The Labute approximate surface area is 281 Å². The molecule has 10 heteroatoms. The number of rotatable bonds is 6. The van der Waals surface area contributed by atoms with Gasteiger partial charge in [0, 0.05) is 47.5 Å². The zero-order valence-corrected chi connectivity index (χ0v) is 29.3. The average molecular weight is 669 g/mol. The van der Waals surface area contributed by atoms with Crippen molar-refractivity contribution in [3.05, 3.63) is 80.3 Å². The van der Waals surface area contributed by atoms with Crippen LogP contribution in [0.15, 0.2) is 64.1 Å². The van der Waals surface area contributed by atoms with Crippen LogP contribution in [0.3, 0.4) is 0 Å². The minimum atomic E-state index is -0.633. The first-order valence-corrected chi connectivity index (χ1v) is 17.7. The van der Waals surface area contributed by atoms with E-state index >= 15 is 0 Å². The lowest BCUT2D eigenvalue weighted by Gasteiger charge is -2.40. The van der Waals surface area contributed by atoms with Gasteiger partial charge in [-0.05, 0) is 93.2 Å². The van der Waals surface area contributed by atoms with Crippen molar-refractivity contribution in [1.82, 2.24) is 19.6 Å². The van der Waals surface area contributed by atoms with Gasteiger partial charge in [-0.1, -0.05) is 68.2 Å². The van der Waals surface area contributed by atoms with E-state index in [0.29, 0.717) is 40.5 Å². The summed E-state index contributed by atoms with van der Waals surface area (Å²) in [6.07, 6.45) is 2.35. The predicted octanol–water partition coefficient (Wildman–Crippen LogP) is 7.17. The second-order valence-electron chi connectivity index (χ2n) is 13.3. The molecule has 2 fully saturated rings. The van der Waals surface area contributed by atoms with E-state index in [4.69, 9.17) is 28.2 Å². The minimum absolute atomic E-state index is 0.0293. The number of halogens is 2. The Hall–Kier alpha value is -2.52. The summed E-state index contributed by atoms with van der Waals surface area (Å²) in [7, 11) is 2.10. The van der Waals surface area contributed by atoms with E-state index in [-0.39, 0.29) is 29.8 Å². The Morgan fingerprint density at radius 1 is 1.02 bits per heavy atom. The molecule has 0 N–H and O–H groups in total. The fraction of sp³-hybridized carbons (Fsp3) is 0.514. The Balaban J connectivity index is 1.40. The Bertz CT molecular complexity index is 1530. The zero-order chi connectivity index (χ0) is 32.2. The van der Waals surface area contributed by atoms with Gasteiger partial charge in [-0.15, -0.1) is 0 Å². The number of carbonyl (C=O) groups is 2. The summed E-state index contributed by atoms with van der Waals surface area (Å²) in [5.41, 5.74) is 2.43. The SMILES string of the molecule is CC[C@H]1CC[C@@H](C(=O)N2CCN(C)[C@H](C)C2)N1C(=O)C1=C(C(C)C)N2C(=N[C@@](C)(c3ccc(Cl)cc3)[C@H]2c2ccc(Cl)cc2)S1. The van der Waals surface area contributed by atoms with Crippen molar-refractivity contribution in [3.63, 3.8) is 0 Å². The van der Waals surface area contributed by atoms with Gasteiger partial charge >= 0.3 is 0 Å². The van der Waals surface area contributed by atoms with E-state index in [1.807, 2.05) is 46.2 Å². The second kappa shape index (κ2) is 12.6. The molecule has 0 aromatic heterocycles. The van der Waals surface area contributed by atoms with Gasteiger partial charge in [-0.3, -0.25) is 9.59 Å². The monoisotopic (exact) mass is 667 g/mol. The van der Waals surface area contributed by atoms with Gasteiger partial charge in [0.15, 0.2) is 5.17 Å². The van der Waals surface area contributed by atoms with Crippen molar-refractivity contribution < 1.29 is 9.59 Å². The Morgan fingerprint density at radius 3 is 2.27 bits per heavy atom. The first kappa shape index (κ1) is 32.4. The molecule has 4 heterocycles. The maximum atomic E-state index is 14.8. The lowest BCUT2D eigenvalue weighted by molar-refractivity contribution is -0.145. The Morgan fingerprint density at radius 2 is 1.67 bits per heavy atom. The van der Waals surface area contributed by atoms with E-state index < -0.39 is 11.6 Å². The van der Waals surface area contributed by atoms with Gasteiger partial charge in [-0.2, -0.15) is 0 Å². The van der Waals surface area contributed by atoms with Gasteiger partial charge in [0.1, 0.15) is 16.5 Å². The van der Waals surface area contributed by atoms with Crippen LogP contribution in [0.2, 0.25) is 10.0 Å². The van der Waals surface area contributed by atoms with Gasteiger partial charge in [0.2, 0.25) is 5.91 Å². The first-order chi connectivity index (χ1) is 21.4. The number of fused-ring (bicyclic) bond motifs is 1. The fourth-order valence-corrected chi connectivity index (χ4v) is 9.08. The first-order valence-electron chi connectivity index (χ1n) is 16.1. The van der Waals surface area contributed by atoms with Crippen LogP contribution >= 0.6 is 35.0 Å². The minimum Gasteiger partial charge on any atom is -0.338 e. The smallest absolute Gasteiger partial charge is 0.263 e. The molecule has 0 spiro atoms. The molecular formula is C35H43Cl2N5O2S. The van der Waals surface area contributed by atoms with Crippen molar-refractivity contribution in [2.45, 2.75) is 83.6 Å². The van der Waals surface area contributed by atoms with E-state index in [9.17, 15) is 9.59 Å². The van der Waals surface area contributed by atoms with Gasteiger partial charge in [0.25, 0.3) is 5.91 Å². The molecule has 4 aliphatic rings. The summed E-state index contributed by atoms with van der Waals surface area (Å²) in [5.74, 6) is 0.0803. The third-order valence-electron chi connectivity index (χ3n) is 10.1. The number of thioether (sulfide) groups is 1. The second-order valence-corrected chi connectivity index (χ2v) is 15.2. The molecule has 0 saturated carbocycles. The summed E-state index contributed by atoms with van der Waals surface area (Å²) in [5, 5.41) is 2.15. The number of hydrogen-bond donors (Lipinski definition) is 0. The summed E-state index contributed by atoms with van der Waals surface area (Å²) < 4.78 is 0. The molecule has 5 atom stereocenters. The highest BCUT2D eigenvalue weighted by Gasteiger charge is 2.54. The Kier molecular flexibility index (Phi) is 9.07. The standard InChI is InChI=1S/C35H43Cl2N5O2S/c1-7-27-16-17-28(32(43)40-19-18-39(6)22(4)20-40)41(27)33(44)30-29(21(2)3)42-31(23-8-12-25(36)13-9-23)35(5,38-34(42)45-30)24-10-14-26(37)15-11-24/h8-15,21-22,27-28,31H,7,16-20H2,1-6H3/t22-,27+,28+,31-,35+/m1/s1. The predicted molar refractivity (Wildman–Crippen MR) is 184 cm³/mol. The topological polar surface area (TPSA) is 59.5 Å². The highest BCUT2D eigenvalue weighted by Crippen LogP contribution is 2.56. The van der Waals surface area contributed by atoms with Crippen molar-refractivity contribution in [2.75, 3.05) is 26.7 Å². The third-order valence-corrected chi connectivity index (χ3v) is 11.7. The van der Waals surface area contributed by atoms with Crippen LogP contribution in [-0.2, 0) is 15.1 Å². The van der Waals surface area contributed by atoms with Gasteiger partial charge in [0.05, 0.1) is 6.04 Å². The molecule has 0 bridgehead atoms. The van der Waals surface area contributed by atoms with Gasteiger partial charge in [-0.25, -0.2) is 4.99 Å². The van der Waals surface area contributed by atoms with Crippen LogP contribution in [-0.4, -0.2) is 81.4 Å². The largest absolute Gasteiger partial charge is 0.338 e. The normalized spacial score (nSPS) is 28.7. The molecule has 2 saturated heterocycles. The van der Waals surface area contributed by atoms with Crippen molar-refractivity contribution in [2.24, 2.45) is 10.9 Å². The highest BCUT2D eigenvalue weighted by molar-refractivity contribution is 8.18. The number of nitrogens with zero attached hydrogens (tertiary/aromatic N) is 5. The van der Waals surface area contributed by atoms with Crippen LogP contribution in [0, 0.1) is 5.92 Å². The van der Waals surface area contributed by atoms with E-state index in [1.165, 1.54) is 11.8 Å². The molecule has 0 unspecified atom stereocenters. The van der Waals surface area contributed by atoms with Crippen molar-refractivity contribution in [3.8, 4) is 0 Å². The molecule has 2 amide bonds. The molecule has 2 aromatic rings. The van der Waals surface area contributed by atoms with Crippen LogP contribution < -0.4 is 0 Å². The van der Waals surface area contributed by atoms with Crippen LogP contribution in [0.25, 0.3) is 0 Å². The molecular weight excluding hydrogens is 625 g/mol. The molecule has 7 nitrogen and oxygen atoms in total. The maximum Gasteiger partial charge on any atom is 0.263 e. The summed E-state index contributed by atoms with van der Waals surface area (Å²) in [4.78, 5) is 43.3. The van der Waals surface area contributed by atoms with E-state index in [1.54, 1.807) is 0 Å². The van der Waals surface area contributed by atoms with Crippen molar-refractivity contribution in [1.29, 1.82) is 0 Å². The third kappa shape index (κ3) is 5.70. The van der Waals surface area contributed by atoms with Crippen LogP contribution in [0.5, 0.6) is 0 Å². The quantitative estimate of drug-likeness (QED) is 0.327. The van der Waals surface area contributed by atoms with E-state index in [2.05, 4.69) is 63.6 Å². The lowest BCUT2D eigenvalue weighted by Crippen LogP contribution is -2.57. The van der Waals surface area contributed by atoms with Crippen LogP contribution in [0.4, 0.5) is 0 Å². The number of aliphatic imine (C=N–C) groups is 1. The highest BCUT2D eigenvalue weighted by atomic mass is 35.5. The molecule has 4 aliphatic heterocycles. The van der Waals surface area contributed by atoms with Gasteiger partial charge < -0.3 is 19.6 Å². The molecule has 0 radical (unpaired) electrons. The zero-order valence-electron chi connectivity index (χ0n) is 27.0. The number of hydrogen-bond acceptors (Lipinski definition) is 6. The average Bonchev–Trinajstić information content (AvgIpc) is 3.69. The number of amides is 2. The summed E-state index contributed by atoms with van der Waals surface area (Å²) >= 11 is 14.1. The molecule has 6 rings (SSSR count). The number of benzene rings is 2. The van der Waals surface area contributed by atoms with Crippen LogP contribution in [0.1, 0.15) is 71.0 Å². The summed E-state index contributed by atoms with van der Waals surface area (Å²) in [6, 6.07) is 15.5. The maximum absolute atomic E-state index is 14.8.